The SMILES string of the molecule is CCOC(=O)C(CCCN=C(N)N)NC(=O)[C@@H](NC(=O)[C@H](Cc1ccc(C(=N)N)cc1)C(=O)N(C)C)C1CCCCC1. The van der Waals surface area contributed by atoms with E-state index < -0.39 is 41.7 Å². The van der Waals surface area contributed by atoms with Crippen LogP contribution in [0.1, 0.15) is 63.0 Å². The Kier molecular flexibility index (Phi) is 13.7. The number of carbonyl (C=O) groups excluding carboxylic acids is 4. The lowest BCUT2D eigenvalue weighted by Crippen LogP contribution is -2.57. The van der Waals surface area contributed by atoms with Crippen LogP contribution in [-0.2, 0) is 30.3 Å². The first-order chi connectivity index (χ1) is 19.9. The number of amides is 3. The first kappa shape index (κ1) is 34.0. The van der Waals surface area contributed by atoms with Gasteiger partial charge in [0.1, 0.15) is 23.8 Å². The molecule has 1 fully saturated rings. The molecule has 3 amide bonds. The van der Waals surface area contributed by atoms with E-state index in [4.69, 9.17) is 27.3 Å². The number of amidine groups is 1. The third-order valence-corrected chi connectivity index (χ3v) is 7.29. The fourth-order valence-corrected chi connectivity index (χ4v) is 5.04. The Morgan fingerprint density at radius 2 is 1.67 bits per heavy atom. The third-order valence-electron chi connectivity index (χ3n) is 7.29. The molecule has 42 heavy (non-hydrogen) atoms. The number of nitrogens with one attached hydrogen (secondary N) is 3. The monoisotopic (exact) mass is 586 g/mol. The van der Waals surface area contributed by atoms with Crippen molar-refractivity contribution in [1.82, 2.24) is 15.5 Å². The van der Waals surface area contributed by atoms with Crippen molar-refractivity contribution >= 4 is 35.5 Å². The summed E-state index contributed by atoms with van der Waals surface area (Å²) in [6.45, 7) is 2.10. The summed E-state index contributed by atoms with van der Waals surface area (Å²) < 4.78 is 5.18. The molecule has 13 heteroatoms. The van der Waals surface area contributed by atoms with Crippen LogP contribution >= 0.6 is 0 Å². The van der Waals surface area contributed by atoms with Crippen molar-refractivity contribution in [3.05, 3.63) is 35.4 Å². The molecule has 1 aliphatic carbocycles. The molecule has 3 atom stereocenters. The van der Waals surface area contributed by atoms with E-state index in [2.05, 4.69) is 15.6 Å². The molecule has 1 saturated carbocycles. The van der Waals surface area contributed by atoms with E-state index >= 15 is 0 Å². The normalized spacial score (nSPS) is 15.4. The highest BCUT2D eigenvalue weighted by molar-refractivity contribution is 6.02. The Balaban J connectivity index is 2.29. The second-order valence-electron chi connectivity index (χ2n) is 10.7. The minimum absolute atomic E-state index is 0.0663. The predicted octanol–water partition coefficient (Wildman–Crippen LogP) is 0.384. The number of hydrogen-bond donors (Lipinski definition) is 6. The number of esters is 1. The average molecular weight is 587 g/mol. The summed E-state index contributed by atoms with van der Waals surface area (Å²) in [5.74, 6) is -3.47. The molecule has 0 saturated heterocycles. The molecule has 1 aromatic carbocycles. The Hall–Kier alpha value is -4.16. The van der Waals surface area contributed by atoms with Gasteiger partial charge < -0.3 is 37.5 Å². The summed E-state index contributed by atoms with van der Waals surface area (Å²) in [6, 6.07) is 4.87. The van der Waals surface area contributed by atoms with E-state index in [1.165, 1.54) is 4.90 Å². The quantitative estimate of drug-likeness (QED) is 0.0553. The number of benzene rings is 1. The van der Waals surface area contributed by atoms with Crippen LogP contribution in [0, 0.1) is 17.2 Å². The zero-order valence-electron chi connectivity index (χ0n) is 24.9. The fraction of sp³-hybridized carbons (Fsp3) is 0.586. The maximum absolute atomic E-state index is 13.7. The lowest BCUT2D eigenvalue weighted by atomic mass is 9.83. The van der Waals surface area contributed by atoms with Crippen molar-refractivity contribution in [1.29, 1.82) is 5.41 Å². The zero-order valence-corrected chi connectivity index (χ0v) is 24.9. The highest BCUT2D eigenvalue weighted by Gasteiger charge is 2.37. The fourth-order valence-electron chi connectivity index (χ4n) is 5.04. The lowest BCUT2D eigenvalue weighted by molar-refractivity contribution is -0.148. The molecule has 0 aromatic heterocycles. The number of hydrogen-bond acceptors (Lipinski definition) is 7. The first-order valence-electron chi connectivity index (χ1n) is 14.4. The number of ether oxygens (including phenoxy) is 1. The van der Waals surface area contributed by atoms with E-state index in [9.17, 15) is 19.2 Å². The molecule has 2 rings (SSSR count). The standard InChI is InChI=1S/C29H46N8O5/c1-4-42-28(41)22(11-8-16-34-29(32)33)35-26(39)23(19-9-6-5-7-10-19)36-25(38)21(27(40)37(2)3)17-18-12-14-20(15-13-18)24(30)31/h12-15,19,21-23H,4-11,16-17H2,1-3H3,(H3,30,31)(H,35,39)(H,36,38)(H4,32,33,34)/t21-,22?,23-/m0/s1. The maximum atomic E-state index is 13.7. The topological polar surface area (TPSA) is 219 Å². The predicted molar refractivity (Wildman–Crippen MR) is 160 cm³/mol. The minimum Gasteiger partial charge on any atom is -0.464 e. The van der Waals surface area contributed by atoms with Crippen LogP contribution in [0.2, 0.25) is 0 Å². The van der Waals surface area contributed by atoms with Gasteiger partial charge in [-0.3, -0.25) is 24.8 Å². The summed E-state index contributed by atoms with van der Waals surface area (Å²) in [5, 5.41) is 13.2. The van der Waals surface area contributed by atoms with Crippen molar-refractivity contribution in [3.8, 4) is 0 Å². The summed E-state index contributed by atoms with van der Waals surface area (Å²) in [4.78, 5) is 58.5. The number of guanidine groups is 1. The van der Waals surface area contributed by atoms with Crippen molar-refractivity contribution in [2.24, 2.45) is 34.0 Å². The van der Waals surface area contributed by atoms with Gasteiger partial charge in [-0.1, -0.05) is 43.5 Å². The van der Waals surface area contributed by atoms with Crippen molar-refractivity contribution in [2.45, 2.75) is 70.4 Å². The van der Waals surface area contributed by atoms with Crippen molar-refractivity contribution in [3.63, 3.8) is 0 Å². The van der Waals surface area contributed by atoms with Crippen LogP contribution in [0.15, 0.2) is 29.3 Å². The summed E-state index contributed by atoms with van der Waals surface area (Å²) in [5.41, 5.74) is 17.5. The van der Waals surface area contributed by atoms with Gasteiger partial charge in [-0.05, 0) is 50.5 Å². The molecule has 0 radical (unpaired) electrons. The Labute approximate surface area is 247 Å². The number of rotatable bonds is 15. The Bertz CT molecular complexity index is 1110. The van der Waals surface area contributed by atoms with Gasteiger partial charge in [0.05, 0.1) is 6.61 Å². The van der Waals surface area contributed by atoms with Crippen molar-refractivity contribution < 1.29 is 23.9 Å². The molecule has 232 valence electrons. The van der Waals surface area contributed by atoms with Crippen LogP contribution in [0.25, 0.3) is 0 Å². The van der Waals surface area contributed by atoms with Gasteiger partial charge in [-0.15, -0.1) is 0 Å². The summed E-state index contributed by atoms with van der Waals surface area (Å²) in [7, 11) is 3.14. The van der Waals surface area contributed by atoms with Gasteiger partial charge in [0.25, 0.3) is 0 Å². The Morgan fingerprint density at radius 1 is 1.02 bits per heavy atom. The van der Waals surface area contributed by atoms with E-state index in [0.717, 1.165) is 32.1 Å². The van der Waals surface area contributed by atoms with Gasteiger partial charge in [0.2, 0.25) is 17.7 Å². The molecular formula is C29H46N8O5. The molecule has 0 heterocycles. The van der Waals surface area contributed by atoms with Crippen LogP contribution in [0.5, 0.6) is 0 Å². The van der Waals surface area contributed by atoms with Gasteiger partial charge in [0, 0.05) is 26.2 Å². The molecule has 13 nitrogen and oxygen atoms in total. The smallest absolute Gasteiger partial charge is 0.328 e. The van der Waals surface area contributed by atoms with Crippen LogP contribution in [0.3, 0.4) is 0 Å². The first-order valence-corrected chi connectivity index (χ1v) is 14.4. The van der Waals surface area contributed by atoms with Crippen LogP contribution in [-0.4, -0.2) is 79.7 Å². The largest absolute Gasteiger partial charge is 0.464 e. The van der Waals surface area contributed by atoms with E-state index in [-0.39, 0.29) is 43.7 Å². The molecule has 1 aromatic rings. The third kappa shape index (κ3) is 10.7. The van der Waals surface area contributed by atoms with Crippen LogP contribution in [0.4, 0.5) is 0 Å². The molecule has 0 bridgehead atoms. The Morgan fingerprint density at radius 3 is 2.21 bits per heavy atom. The number of carbonyl (C=O) groups is 4. The second-order valence-corrected chi connectivity index (χ2v) is 10.7. The highest BCUT2D eigenvalue weighted by Crippen LogP contribution is 2.27. The van der Waals surface area contributed by atoms with Gasteiger partial charge in [-0.25, -0.2) is 4.79 Å². The van der Waals surface area contributed by atoms with E-state index in [1.807, 2.05) is 0 Å². The van der Waals surface area contributed by atoms with E-state index in [0.29, 0.717) is 17.5 Å². The highest BCUT2D eigenvalue weighted by atomic mass is 16.5. The molecule has 0 spiro atoms. The summed E-state index contributed by atoms with van der Waals surface area (Å²) >= 11 is 0. The van der Waals surface area contributed by atoms with Gasteiger partial charge >= 0.3 is 5.97 Å². The second kappa shape index (κ2) is 16.9. The lowest BCUT2D eigenvalue weighted by Gasteiger charge is -2.32. The molecule has 0 aliphatic heterocycles. The summed E-state index contributed by atoms with van der Waals surface area (Å²) in [6.07, 6.45) is 5.06. The molecule has 1 aliphatic rings. The van der Waals surface area contributed by atoms with Crippen LogP contribution < -0.4 is 27.8 Å². The maximum Gasteiger partial charge on any atom is 0.328 e. The number of nitrogen functional groups attached to an aromatic ring is 1. The van der Waals surface area contributed by atoms with Gasteiger partial charge in [0.15, 0.2) is 5.96 Å². The van der Waals surface area contributed by atoms with Gasteiger partial charge in [-0.2, -0.15) is 0 Å². The molecule has 1 unspecified atom stereocenters. The van der Waals surface area contributed by atoms with Crippen molar-refractivity contribution in [2.75, 3.05) is 27.2 Å². The number of nitrogens with zero attached hydrogens (tertiary/aromatic N) is 2. The number of nitrogens with two attached hydrogens (primary N) is 3. The average Bonchev–Trinajstić information content (AvgIpc) is 2.96. The van der Waals surface area contributed by atoms with E-state index in [1.54, 1.807) is 45.3 Å². The minimum atomic E-state index is -1.09. The number of aliphatic imine (C=N–C) groups is 1. The molecule has 9 N–H and O–H groups in total. The zero-order chi connectivity index (χ0) is 31.2. The molecular weight excluding hydrogens is 540 g/mol.